The highest BCUT2D eigenvalue weighted by Crippen LogP contribution is 2.07. The van der Waals surface area contributed by atoms with Crippen LogP contribution in [0.3, 0.4) is 0 Å². The monoisotopic (exact) mass is 396 g/mol. The van der Waals surface area contributed by atoms with Crippen LogP contribution >= 0.6 is 12.4 Å². The van der Waals surface area contributed by atoms with Crippen LogP contribution in [0.15, 0.2) is 12.2 Å². The fraction of sp³-hybridized carbons (Fsp3) is 0.824. The third-order valence-corrected chi connectivity index (χ3v) is 3.44. The van der Waals surface area contributed by atoms with Gasteiger partial charge in [0.1, 0.15) is 0 Å². The van der Waals surface area contributed by atoms with Crippen LogP contribution in [0.5, 0.6) is 0 Å². The molecule has 1 aliphatic heterocycles. The van der Waals surface area contributed by atoms with Crippen LogP contribution in [-0.4, -0.2) is 81.1 Å². The van der Waals surface area contributed by atoms with Crippen molar-refractivity contribution in [1.82, 2.24) is 10.4 Å². The first-order chi connectivity index (χ1) is 12.0. The molecule has 0 aliphatic carbocycles. The molecular formula is C17H33ClN2O6. The van der Waals surface area contributed by atoms with E-state index in [1.807, 2.05) is 6.92 Å². The number of halogens is 1. The molecule has 0 bridgehead atoms. The van der Waals surface area contributed by atoms with Crippen molar-refractivity contribution in [1.29, 1.82) is 0 Å². The number of ether oxygens (including phenoxy) is 4. The van der Waals surface area contributed by atoms with Crippen molar-refractivity contribution in [2.45, 2.75) is 39.1 Å². The lowest BCUT2D eigenvalue weighted by Gasteiger charge is -2.25. The number of nitrogens with one attached hydrogen (secondary N) is 1. The number of hydrazine groups is 1. The van der Waals surface area contributed by atoms with Gasteiger partial charge in [0, 0.05) is 25.1 Å². The van der Waals surface area contributed by atoms with Crippen molar-refractivity contribution in [2.75, 3.05) is 52.7 Å². The van der Waals surface area contributed by atoms with E-state index in [2.05, 4.69) is 12.0 Å². The van der Waals surface area contributed by atoms with E-state index in [-0.39, 0.29) is 31.2 Å². The molecule has 0 aromatic carbocycles. The Morgan fingerprint density at radius 3 is 2.58 bits per heavy atom. The van der Waals surface area contributed by atoms with Gasteiger partial charge in [0.05, 0.1) is 45.7 Å². The summed E-state index contributed by atoms with van der Waals surface area (Å²) in [6, 6.07) is 0. The molecule has 1 fully saturated rings. The van der Waals surface area contributed by atoms with Gasteiger partial charge in [-0.15, -0.1) is 12.4 Å². The largest absolute Gasteiger partial charge is 0.389 e. The molecule has 0 aromatic heterocycles. The normalized spacial score (nSPS) is 15.7. The molecule has 2 N–H and O–H groups in total. The lowest BCUT2D eigenvalue weighted by atomic mass is 10.3. The lowest BCUT2D eigenvalue weighted by molar-refractivity contribution is -0.123. The fourth-order valence-electron chi connectivity index (χ4n) is 2.20. The van der Waals surface area contributed by atoms with Crippen molar-refractivity contribution in [2.24, 2.45) is 0 Å². The zero-order chi connectivity index (χ0) is 18.5. The van der Waals surface area contributed by atoms with Gasteiger partial charge >= 0.3 is 0 Å². The van der Waals surface area contributed by atoms with Gasteiger partial charge in [-0.25, -0.2) is 5.01 Å². The number of nitrogens with zero attached hydrogens (tertiary/aromatic N) is 1. The molecular weight excluding hydrogens is 364 g/mol. The first-order valence-electron chi connectivity index (χ1n) is 8.81. The van der Waals surface area contributed by atoms with E-state index in [1.165, 1.54) is 0 Å². The lowest BCUT2D eigenvalue weighted by Crippen LogP contribution is -2.47. The molecule has 8 nitrogen and oxygen atoms in total. The quantitative estimate of drug-likeness (QED) is 0.256. The molecule has 9 heteroatoms. The predicted octanol–water partition coefficient (Wildman–Crippen LogP) is 0.885. The molecule has 154 valence electrons. The van der Waals surface area contributed by atoms with Crippen molar-refractivity contribution in [3.05, 3.63) is 12.2 Å². The number of carbonyl (C=O) groups excluding carboxylic acids is 1. The Morgan fingerprint density at radius 1 is 1.31 bits per heavy atom. The second kappa shape index (κ2) is 15.3. The van der Waals surface area contributed by atoms with Crippen LogP contribution in [0.1, 0.15) is 26.7 Å². The van der Waals surface area contributed by atoms with Gasteiger partial charge in [-0.05, 0) is 13.3 Å². The number of hydrogen-bond acceptors (Lipinski definition) is 7. The topological polar surface area (TPSA) is 89.5 Å². The summed E-state index contributed by atoms with van der Waals surface area (Å²) in [5.74, 6) is -0.245. The predicted molar refractivity (Wildman–Crippen MR) is 100 cm³/mol. The highest BCUT2D eigenvalue weighted by Gasteiger charge is 2.15. The second-order valence-corrected chi connectivity index (χ2v) is 5.97. The van der Waals surface area contributed by atoms with Crippen LogP contribution in [0.2, 0.25) is 0 Å². The minimum atomic E-state index is -0.697. The van der Waals surface area contributed by atoms with E-state index in [9.17, 15) is 9.90 Å². The maximum atomic E-state index is 11.7. The molecule has 1 amide bonds. The Balaban J connectivity index is 0.00000625. The van der Waals surface area contributed by atoms with Crippen LogP contribution in [0.25, 0.3) is 0 Å². The van der Waals surface area contributed by atoms with Gasteiger partial charge < -0.3 is 24.1 Å². The van der Waals surface area contributed by atoms with Crippen molar-refractivity contribution < 1.29 is 28.8 Å². The summed E-state index contributed by atoms with van der Waals surface area (Å²) >= 11 is 0. The average Bonchev–Trinajstić information content (AvgIpc) is 3.07. The standard InChI is InChI=1S/C17H32N2O6.ClH/c1-4-6-19(18-17(21)14(2)3)12-15(20)13-23-9-8-22-7-5-16-24-10-11-25-16;/h15-16,20H,2,4-13H2,1,3H3,(H,18,21);1H. The molecule has 1 rings (SSSR count). The van der Waals surface area contributed by atoms with Crippen LogP contribution < -0.4 is 5.43 Å². The molecule has 1 saturated heterocycles. The van der Waals surface area contributed by atoms with Gasteiger partial charge in [0.15, 0.2) is 6.29 Å². The summed E-state index contributed by atoms with van der Waals surface area (Å²) in [6.07, 6.45) is 0.711. The molecule has 0 spiro atoms. The van der Waals surface area contributed by atoms with Crippen molar-refractivity contribution >= 4 is 18.3 Å². The van der Waals surface area contributed by atoms with Crippen LogP contribution in [0.4, 0.5) is 0 Å². The Labute approximate surface area is 162 Å². The molecule has 0 radical (unpaired) electrons. The van der Waals surface area contributed by atoms with Gasteiger partial charge in [0.2, 0.25) is 0 Å². The summed E-state index contributed by atoms with van der Waals surface area (Å²) in [5, 5.41) is 11.7. The second-order valence-electron chi connectivity index (χ2n) is 5.97. The smallest absolute Gasteiger partial charge is 0.260 e. The number of aliphatic hydroxyl groups excluding tert-OH is 1. The molecule has 1 unspecified atom stereocenters. The molecule has 26 heavy (non-hydrogen) atoms. The van der Waals surface area contributed by atoms with Gasteiger partial charge in [0.25, 0.3) is 5.91 Å². The third-order valence-electron chi connectivity index (χ3n) is 3.44. The first-order valence-corrected chi connectivity index (χ1v) is 8.81. The highest BCUT2D eigenvalue weighted by molar-refractivity contribution is 5.91. The summed E-state index contributed by atoms with van der Waals surface area (Å²) in [5.41, 5.74) is 3.15. The van der Waals surface area contributed by atoms with Gasteiger partial charge in [-0.2, -0.15) is 0 Å². The zero-order valence-corrected chi connectivity index (χ0v) is 16.6. The summed E-state index contributed by atoms with van der Waals surface area (Å²) in [7, 11) is 0. The Hall–Kier alpha value is -0.740. The molecule has 0 aromatic rings. The SMILES string of the molecule is C=C(C)C(=O)NN(CCC)CC(O)COCCOCCC1OCCO1.Cl. The maximum Gasteiger partial charge on any atom is 0.260 e. The summed E-state index contributed by atoms with van der Waals surface area (Å²) in [4.78, 5) is 11.7. The fourth-order valence-corrected chi connectivity index (χ4v) is 2.20. The van der Waals surface area contributed by atoms with E-state index in [4.69, 9.17) is 18.9 Å². The number of hydrogen-bond donors (Lipinski definition) is 2. The van der Waals surface area contributed by atoms with E-state index < -0.39 is 6.10 Å². The van der Waals surface area contributed by atoms with Crippen LogP contribution in [0, 0.1) is 0 Å². The molecule has 0 saturated carbocycles. The number of aliphatic hydroxyl groups is 1. The van der Waals surface area contributed by atoms with Gasteiger partial charge in [-0.1, -0.05) is 13.5 Å². The summed E-state index contributed by atoms with van der Waals surface area (Å²) < 4.78 is 21.4. The zero-order valence-electron chi connectivity index (χ0n) is 15.8. The average molecular weight is 397 g/mol. The number of carbonyl (C=O) groups is 1. The minimum absolute atomic E-state index is 0. The molecule has 1 aliphatic rings. The van der Waals surface area contributed by atoms with Crippen molar-refractivity contribution in [3.63, 3.8) is 0 Å². The first kappa shape index (κ1) is 25.3. The minimum Gasteiger partial charge on any atom is -0.389 e. The molecule has 1 atom stereocenters. The Morgan fingerprint density at radius 2 is 1.96 bits per heavy atom. The van der Waals surface area contributed by atoms with Gasteiger partial charge in [-0.3, -0.25) is 10.2 Å². The number of rotatable bonds is 14. The Bertz CT molecular complexity index is 393. The molecule has 1 heterocycles. The number of amides is 1. The van der Waals surface area contributed by atoms with Crippen molar-refractivity contribution in [3.8, 4) is 0 Å². The third kappa shape index (κ3) is 11.8. The van der Waals surface area contributed by atoms with Crippen LogP contribution in [-0.2, 0) is 23.7 Å². The Kier molecular flexibility index (Phi) is 14.9. The highest BCUT2D eigenvalue weighted by atomic mass is 35.5. The summed E-state index contributed by atoms with van der Waals surface area (Å²) in [6.45, 7) is 11.1. The van der Waals surface area contributed by atoms with E-state index in [0.717, 1.165) is 6.42 Å². The maximum absolute atomic E-state index is 11.7. The van der Waals surface area contributed by atoms with E-state index in [1.54, 1.807) is 11.9 Å². The van der Waals surface area contributed by atoms with E-state index in [0.29, 0.717) is 58.1 Å². The van der Waals surface area contributed by atoms with E-state index >= 15 is 0 Å².